The SMILES string of the molecule is O=C(NCc1ccc(F)cc1)C(c1ccccc1)N(Cc1ccco1)C(=O)c1ccco1. The quantitative estimate of drug-likeness (QED) is 0.438. The van der Waals surface area contributed by atoms with E-state index in [9.17, 15) is 14.0 Å². The van der Waals surface area contributed by atoms with Crippen LogP contribution in [0.4, 0.5) is 4.39 Å². The summed E-state index contributed by atoms with van der Waals surface area (Å²) in [4.78, 5) is 28.1. The van der Waals surface area contributed by atoms with Crippen LogP contribution in [0.1, 0.15) is 33.5 Å². The van der Waals surface area contributed by atoms with Crippen molar-refractivity contribution in [3.8, 4) is 0 Å². The molecule has 6 nitrogen and oxygen atoms in total. The Balaban J connectivity index is 1.66. The zero-order valence-corrected chi connectivity index (χ0v) is 17.1. The molecule has 0 radical (unpaired) electrons. The monoisotopic (exact) mass is 432 g/mol. The van der Waals surface area contributed by atoms with Crippen LogP contribution in [0, 0.1) is 5.82 Å². The third-order valence-corrected chi connectivity index (χ3v) is 4.95. The summed E-state index contributed by atoms with van der Waals surface area (Å²) >= 11 is 0. The molecular formula is C25H21FN2O4. The highest BCUT2D eigenvalue weighted by Gasteiger charge is 2.33. The number of hydrogen-bond donors (Lipinski definition) is 1. The first-order valence-electron chi connectivity index (χ1n) is 10.1. The number of furan rings is 2. The molecular weight excluding hydrogens is 411 g/mol. The van der Waals surface area contributed by atoms with Gasteiger partial charge in [0.2, 0.25) is 5.91 Å². The molecule has 32 heavy (non-hydrogen) atoms. The van der Waals surface area contributed by atoms with E-state index >= 15 is 0 Å². The van der Waals surface area contributed by atoms with Gasteiger partial charge in [0.1, 0.15) is 17.6 Å². The van der Waals surface area contributed by atoms with Crippen LogP contribution < -0.4 is 5.32 Å². The van der Waals surface area contributed by atoms with Gasteiger partial charge in [-0.05, 0) is 47.5 Å². The molecule has 162 valence electrons. The van der Waals surface area contributed by atoms with Gasteiger partial charge in [0.05, 0.1) is 19.1 Å². The van der Waals surface area contributed by atoms with E-state index in [1.807, 2.05) is 6.07 Å². The second-order valence-electron chi connectivity index (χ2n) is 7.15. The Morgan fingerprint density at radius 3 is 2.25 bits per heavy atom. The van der Waals surface area contributed by atoms with Gasteiger partial charge in [-0.1, -0.05) is 42.5 Å². The number of hydrogen-bond acceptors (Lipinski definition) is 4. The maximum absolute atomic E-state index is 13.4. The fourth-order valence-electron chi connectivity index (χ4n) is 3.39. The summed E-state index contributed by atoms with van der Waals surface area (Å²) in [6, 6.07) is 20.6. The van der Waals surface area contributed by atoms with Crippen LogP contribution in [0.25, 0.3) is 0 Å². The predicted octanol–water partition coefficient (Wildman–Crippen LogP) is 4.71. The molecule has 1 N–H and O–H groups in total. The van der Waals surface area contributed by atoms with Crippen molar-refractivity contribution in [2.45, 2.75) is 19.1 Å². The highest BCUT2D eigenvalue weighted by Crippen LogP contribution is 2.26. The van der Waals surface area contributed by atoms with E-state index < -0.39 is 11.9 Å². The number of benzene rings is 2. The highest BCUT2D eigenvalue weighted by molar-refractivity contribution is 5.96. The van der Waals surface area contributed by atoms with Crippen LogP contribution in [-0.2, 0) is 17.9 Å². The molecule has 4 aromatic rings. The normalized spacial score (nSPS) is 11.7. The minimum Gasteiger partial charge on any atom is -0.467 e. The first-order valence-corrected chi connectivity index (χ1v) is 10.1. The summed E-state index contributed by atoms with van der Waals surface area (Å²) in [5, 5.41) is 2.86. The van der Waals surface area contributed by atoms with E-state index in [1.165, 1.54) is 29.6 Å². The van der Waals surface area contributed by atoms with Crippen molar-refractivity contribution in [2.24, 2.45) is 0 Å². The van der Waals surface area contributed by atoms with E-state index in [0.29, 0.717) is 11.3 Å². The molecule has 0 aliphatic rings. The van der Waals surface area contributed by atoms with Gasteiger partial charge < -0.3 is 19.1 Å². The smallest absolute Gasteiger partial charge is 0.290 e. The summed E-state index contributed by atoms with van der Waals surface area (Å²) in [6.07, 6.45) is 2.92. The minimum atomic E-state index is -0.945. The molecule has 0 fully saturated rings. The van der Waals surface area contributed by atoms with E-state index in [-0.39, 0.29) is 30.6 Å². The number of amides is 2. The highest BCUT2D eigenvalue weighted by atomic mass is 19.1. The number of carbonyl (C=O) groups is 2. The third kappa shape index (κ3) is 4.95. The van der Waals surface area contributed by atoms with Gasteiger partial charge in [-0.25, -0.2) is 4.39 Å². The first-order chi connectivity index (χ1) is 15.6. The molecule has 1 unspecified atom stereocenters. The fraction of sp³-hybridized carbons (Fsp3) is 0.120. The maximum Gasteiger partial charge on any atom is 0.290 e. The van der Waals surface area contributed by atoms with Crippen LogP contribution in [-0.4, -0.2) is 16.7 Å². The van der Waals surface area contributed by atoms with Crippen LogP contribution in [0.5, 0.6) is 0 Å². The average Bonchev–Trinajstić information content (AvgIpc) is 3.53. The van der Waals surface area contributed by atoms with Gasteiger partial charge in [0.15, 0.2) is 5.76 Å². The lowest BCUT2D eigenvalue weighted by Crippen LogP contribution is -2.43. The average molecular weight is 432 g/mol. The molecule has 4 rings (SSSR count). The summed E-state index contributed by atoms with van der Waals surface area (Å²) in [7, 11) is 0. The van der Waals surface area contributed by atoms with Crippen molar-refractivity contribution in [1.29, 1.82) is 0 Å². The minimum absolute atomic E-state index is 0.0655. The van der Waals surface area contributed by atoms with Crippen molar-refractivity contribution < 1.29 is 22.8 Å². The van der Waals surface area contributed by atoms with Crippen molar-refractivity contribution in [3.63, 3.8) is 0 Å². The van der Waals surface area contributed by atoms with Gasteiger partial charge in [0.25, 0.3) is 5.91 Å². The number of halogens is 1. The van der Waals surface area contributed by atoms with E-state index in [4.69, 9.17) is 8.83 Å². The molecule has 0 bridgehead atoms. The molecule has 2 aromatic heterocycles. The van der Waals surface area contributed by atoms with E-state index in [2.05, 4.69) is 5.32 Å². The number of nitrogens with one attached hydrogen (secondary N) is 1. The molecule has 0 saturated heterocycles. The molecule has 2 heterocycles. The van der Waals surface area contributed by atoms with Crippen molar-refractivity contribution >= 4 is 11.8 Å². The predicted molar refractivity (Wildman–Crippen MR) is 115 cm³/mol. The second-order valence-corrected chi connectivity index (χ2v) is 7.15. The largest absolute Gasteiger partial charge is 0.467 e. The molecule has 2 amide bonds. The van der Waals surface area contributed by atoms with Gasteiger partial charge in [-0.2, -0.15) is 0 Å². The molecule has 0 spiro atoms. The zero-order valence-electron chi connectivity index (χ0n) is 17.1. The summed E-state index contributed by atoms with van der Waals surface area (Å²) in [5.74, 6) is -0.541. The standard InChI is InChI=1S/C25H21FN2O4/c26-20-12-10-18(11-13-20)16-27-24(29)23(19-6-2-1-3-7-19)28(17-21-8-4-14-31-21)25(30)22-9-5-15-32-22/h1-15,23H,16-17H2,(H,27,29). The Labute approximate surface area is 184 Å². The first kappa shape index (κ1) is 21.1. The van der Waals surface area contributed by atoms with Crippen LogP contribution in [0.2, 0.25) is 0 Å². The molecule has 2 aromatic carbocycles. The summed E-state index contributed by atoms with van der Waals surface area (Å²) in [6.45, 7) is 0.252. The van der Waals surface area contributed by atoms with Crippen molar-refractivity contribution in [1.82, 2.24) is 10.2 Å². The number of rotatable bonds is 8. The molecule has 1 atom stereocenters. The third-order valence-electron chi connectivity index (χ3n) is 4.95. The van der Waals surface area contributed by atoms with Gasteiger partial charge in [-0.15, -0.1) is 0 Å². The van der Waals surface area contributed by atoms with Crippen molar-refractivity contribution in [3.05, 3.63) is 120 Å². The summed E-state index contributed by atoms with van der Waals surface area (Å²) in [5.41, 5.74) is 1.37. The van der Waals surface area contributed by atoms with Gasteiger partial charge >= 0.3 is 0 Å². The molecule has 0 aliphatic carbocycles. The Hall–Kier alpha value is -4.13. The van der Waals surface area contributed by atoms with Gasteiger partial charge in [-0.3, -0.25) is 9.59 Å². The van der Waals surface area contributed by atoms with Crippen molar-refractivity contribution in [2.75, 3.05) is 0 Å². The Morgan fingerprint density at radius 2 is 1.59 bits per heavy atom. The fourth-order valence-corrected chi connectivity index (χ4v) is 3.39. The van der Waals surface area contributed by atoms with Gasteiger partial charge in [0, 0.05) is 6.54 Å². The molecule has 0 saturated carbocycles. The van der Waals surface area contributed by atoms with Crippen LogP contribution >= 0.6 is 0 Å². The lowest BCUT2D eigenvalue weighted by atomic mass is 10.0. The lowest BCUT2D eigenvalue weighted by Gasteiger charge is -2.30. The topological polar surface area (TPSA) is 75.7 Å². The Bertz CT molecular complexity index is 1140. The maximum atomic E-state index is 13.4. The summed E-state index contributed by atoms with van der Waals surface area (Å²) < 4.78 is 24.0. The Morgan fingerprint density at radius 1 is 0.875 bits per heavy atom. The molecule has 7 heteroatoms. The van der Waals surface area contributed by atoms with Crippen LogP contribution in [0.3, 0.4) is 0 Å². The van der Waals surface area contributed by atoms with E-state index in [1.54, 1.807) is 60.7 Å². The molecule has 0 aliphatic heterocycles. The van der Waals surface area contributed by atoms with E-state index in [0.717, 1.165) is 5.56 Å². The number of carbonyl (C=O) groups excluding carboxylic acids is 2. The zero-order chi connectivity index (χ0) is 22.3. The lowest BCUT2D eigenvalue weighted by molar-refractivity contribution is -0.126. The number of nitrogens with zero attached hydrogens (tertiary/aromatic N) is 1. The van der Waals surface area contributed by atoms with Crippen LogP contribution in [0.15, 0.2) is 100 Å². The Kier molecular flexibility index (Phi) is 6.46. The second kappa shape index (κ2) is 9.78.